The van der Waals surface area contributed by atoms with E-state index in [2.05, 4.69) is 46.1 Å². The second kappa shape index (κ2) is 6.23. The quantitative estimate of drug-likeness (QED) is 0.904. The molecular formula is C17H23N3. The van der Waals surface area contributed by atoms with Crippen molar-refractivity contribution < 1.29 is 0 Å². The molecule has 1 aromatic carbocycles. The highest BCUT2D eigenvalue weighted by Crippen LogP contribution is 2.22. The van der Waals surface area contributed by atoms with E-state index in [1.54, 1.807) is 6.33 Å². The minimum absolute atomic E-state index is 0.837. The molecule has 1 aromatic heterocycles. The topological polar surface area (TPSA) is 31.9 Å². The van der Waals surface area contributed by atoms with Crippen molar-refractivity contribution >= 4 is 0 Å². The van der Waals surface area contributed by atoms with Gasteiger partial charge in [-0.05, 0) is 44.2 Å². The van der Waals surface area contributed by atoms with Gasteiger partial charge in [0.25, 0.3) is 0 Å². The number of aromatic amines is 1. The summed E-state index contributed by atoms with van der Waals surface area (Å²) in [6, 6.07) is 8.93. The van der Waals surface area contributed by atoms with Crippen molar-refractivity contribution in [3.05, 3.63) is 53.6 Å². The summed E-state index contributed by atoms with van der Waals surface area (Å²) in [6.45, 7) is 5.72. The summed E-state index contributed by atoms with van der Waals surface area (Å²) < 4.78 is 0. The fourth-order valence-corrected chi connectivity index (χ4v) is 3.02. The van der Waals surface area contributed by atoms with Crippen LogP contribution in [-0.4, -0.2) is 28.0 Å². The van der Waals surface area contributed by atoms with E-state index in [9.17, 15) is 0 Å². The maximum Gasteiger partial charge on any atom is 0.0921 e. The molecule has 3 heteroatoms. The van der Waals surface area contributed by atoms with E-state index < -0.39 is 0 Å². The van der Waals surface area contributed by atoms with Crippen LogP contribution in [0.3, 0.4) is 0 Å². The predicted molar refractivity (Wildman–Crippen MR) is 81.5 cm³/mol. The Bertz CT molecular complexity index is 516. The molecule has 0 radical (unpaired) electrons. The van der Waals surface area contributed by atoms with Crippen LogP contribution in [0.2, 0.25) is 0 Å². The van der Waals surface area contributed by atoms with Crippen LogP contribution in [-0.2, 0) is 13.0 Å². The molecule has 106 valence electrons. The number of aryl methyl sites for hydroxylation is 2. The SMILES string of the molecule is Cc1ccc(CN2CCC(CCc3cnc[nH]3)C2)cc1. The van der Waals surface area contributed by atoms with Gasteiger partial charge in [-0.3, -0.25) is 4.90 Å². The smallest absolute Gasteiger partial charge is 0.0921 e. The molecule has 2 heterocycles. The zero-order chi connectivity index (χ0) is 13.8. The molecule has 1 atom stereocenters. The largest absolute Gasteiger partial charge is 0.348 e. The average Bonchev–Trinajstić information content (AvgIpc) is 3.10. The Balaban J connectivity index is 1.46. The number of aromatic nitrogens is 2. The van der Waals surface area contributed by atoms with Crippen molar-refractivity contribution in [3.8, 4) is 0 Å². The third kappa shape index (κ3) is 3.48. The van der Waals surface area contributed by atoms with Gasteiger partial charge in [0.1, 0.15) is 0 Å². The molecule has 3 rings (SSSR count). The number of benzene rings is 1. The normalized spacial score (nSPS) is 19.6. The van der Waals surface area contributed by atoms with Crippen molar-refractivity contribution in [2.45, 2.75) is 32.7 Å². The standard InChI is InChI=1S/C17H23N3/c1-14-2-4-15(5-3-14)11-20-9-8-16(12-20)6-7-17-10-18-13-19-17/h2-5,10,13,16H,6-9,11-12H2,1H3,(H,18,19). The van der Waals surface area contributed by atoms with Crippen LogP contribution in [0.25, 0.3) is 0 Å². The first kappa shape index (κ1) is 13.4. The molecule has 20 heavy (non-hydrogen) atoms. The summed E-state index contributed by atoms with van der Waals surface area (Å²) in [5.41, 5.74) is 4.04. The number of hydrogen-bond acceptors (Lipinski definition) is 2. The van der Waals surface area contributed by atoms with Crippen LogP contribution < -0.4 is 0 Å². The number of nitrogens with zero attached hydrogens (tertiary/aromatic N) is 2. The molecule has 0 bridgehead atoms. The highest BCUT2D eigenvalue weighted by atomic mass is 15.1. The maximum absolute atomic E-state index is 4.08. The van der Waals surface area contributed by atoms with Crippen molar-refractivity contribution in [3.63, 3.8) is 0 Å². The van der Waals surface area contributed by atoms with Crippen molar-refractivity contribution in [1.82, 2.24) is 14.9 Å². The molecular weight excluding hydrogens is 246 g/mol. The van der Waals surface area contributed by atoms with E-state index in [0.29, 0.717) is 0 Å². The third-order valence-corrected chi connectivity index (χ3v) is 4.27. The summed E-state index contributed by atoms with van der Waals surface area (Å²) in [7, 11) is 0. The highest BCUT2D eigenvalue weighted by Gasteiger charge is 2.22. The number of imidazole rings is 1. The van der Waals surface area contributed by atoms with Gasteiger partial charge in [-0.25, -0.2) is 4.98 Å². The van der Waals surface area contributed by atoms with Gasteiger partial charge < -0.3 is 4.98 Å². The minimum Gasteiger partial charge on any atom is -0.348 e. The van der Waals surface area contributed by atoms with Crippen LogP contribution in [0, 0.1) is 12.8 Å². The number of nitrogens with one attached hydrogen (secondary N) is 1. The molecule has 0 saturated carbocycles. The maximum atomic E-state index is 4.08. The number of rotatable bonds is 5. The van der Waals surface area contributed by atoms with E-state index >= 15 is 0 Å². The second-order valence-electron chi connectivity index (χ2n) is 5.99. The molecule has 1 N–H and O–H groups in total. The van der Waals surface area contributed by atoms with Crippen molar-refractivity contribution in [2.75, 3.05) is 13.1 Å². The van der Waals surface area contributed by atoms with Gasteiger partial charge in [-0.1, -0.05) is 29.8 Å². The molecule has 0 amide bonds. The van der Waals surface area contributed by atoms with E-state index in [1.807, 2.05) is 6.20 Å². The van der Waals surface area contributed by atoms with Crippen LogP contribution >= 0.6 is 0 Å². The first-order valence-electron chi connectivity index (χ1n) is 7.55. The minimum atomic E-state index is 0.837. The van der Waals surface area contributed by atoms with Gasteiger partial charge in [-0.2, -0.15) is 0 Å². The molecule has 0 spiro atoms. The lowest BCUT2D eigenvalue weighted by Gasteiger charge is -2.16. The van der Waals surface area contributed by atoms with Crippen LogP contribution in [0.5, 0.6) is 0 Å². The van der Waals surface area contributed by atoms with Gasteiger partial charge in [0.05, 0.1) is 6.33 Å². The van der Waals surface area contributed by atoms with Crippen molar-refractivity contribution in [2.24, 2.45) is 5.92 Å². The third-order valence-electron chi connectivity index (χ3n) is 4.27. The Morgan fingerprint density at radius 3 is 2.90 bits per heavy atom. The van der Waals surface area contributed by atoms with Gasteiger partial charge in [-0.15, -0.1) is 0 Å². The molecule has 1 fully saturated rings. The molecule has 1 aliphatic rings. The lowest BCUT2D eigenvalue weighted by Crippen LogP contribution is -2.20. The van der Waals surface area contributed by atoms with Crippen LogP contribution in [0.4, 0.5) is 0 Å². The first-order chi connectivity index (χ1) is 9.79. The van der Waals surface area contributed by atoms with Crippen LogP contribution in [0.1, 0.15) is 29.7 Å². The molecule has 0 aliphatic carbocycles. The van der Waals surface area contributed by atoms with Crippen LogP contribution in [0.15, 0.2) is 36.8 Å². The van der Waals surface area contributed by atoms with E-state index in [0.717, 1.165) is 18.9 Å². The summed E-state index contributed by atoms with van der Waals surface area (Å²) in [5, 5.41) is 0. The number of H-pyrrole nitrogens is 1. The molecule has 1 aliphatic heterocycles. The van der Waals surface area contributed by atoms with Gasteiger partial charge >= 0.3 is 0 Å². The lowest BCUT2D eigenvalue weighted by molar-refractivity contribution is 0.313. The number of likely N-dealkylation sites (tertiary alicyclic amines) is 1. The van der Waals surface area contributed by atoms with Gasteiger partial charge in [0, 0.05) is 25.0 Å². The summed E-state index contributed by atoms with van der Waals surface area (Å²) in [4.78, 5) is 9.86. The zero-order valence-electron chi connectivity index (χ0n) is 12.2. The average molecular weight is 269 g/mol. The Kier molecular flexibility index (Phi) is 4.16. The monoisotopic (exact) mass is 269 g/mol. The van der Waals surface area contributed by atoms with Crippen molar-refractivity contribution in [1.29, 1.82) is 0 Å². The molecule has 1 unspecified atom stereocenters. The predicted octanol–water partition coefficient (Wildman–Crippen LogP) is 3.17. The zero-order valence-corrected chi connectivity index (χ0v) is 12.2. The summed E-state index contributed by atoms with van der Waals surface area (Å²) >= 11 is 0. The summed E-state index contributed by atoms with van der Waals surface area (Å²) in [6.07, 6.45) is 7.45. The number of hydrogen-bond donors (Lipinski definition) is 1. The fourth-order valence-electron chi connectivity index (χ4n) is 3.02. The van der Waals surface area contributed by atoms with E-state index in [4.69, 9.17) is 0 Å². The van der Waals surface area contributed by atoms with E-state index in [1.165, 1.54) is 42.8 Å². The Morgan fingerprint density at radius 2 is 2.15 bits per heavy atom. The van der Waals surface area contributed by atoms with E-state index in [-0.39, 0.29) is 0 Å². The van der Waals surface area contributed by atoms with Gasteiger partial charge in [0.15, 0.2) is 0 Å². The molecule has 3 nitrogen and oxygen atoms in total. The lowest BCUT2D eigenvalue weighted by atomic mass is 10.0. The molecule has 1 saturated heterocycles. The Labute approximate surface area is 121 Å². The fraction of sp³-hybridized carbons (Fsp3) is 0.471. The Morgan fingerprint density at radius 1 is 1.30 bits per heavy atom. The second-order valence-corrected chi connectivity index (χ2v) is 5.99. The highest BCUT2D eigenvalue weighted by molar-refractivity contribution is 5.21. The first-order valence-corrected chi connectivity index (χ1v) is 7.55. The van der Waals surface area contributed by atoms with Gasteiger partial charge in [0.2, 0.25) is 0 Å². The summed E-state index contributed by atoms with van der Waals surface area (Å²) in [5.74, 6) is 0.837. The molecule has 2 aromatic rings. The Hall–Kier alpha value is -1.61.